The van der Waals surface area contributed by atoms with Crippen LogP contribution in [-0.2, 0) is 16.4 Å². The monoisotopic (exact) mass is 380 g/mol. The molecule has 0 unspecified atom stereocenters. The van der Waals surface area contributed by atoms with Gasteiger partial charge in [0.2, 0.25) is 0 Å². The standard InChI is InChI=1S/C17H24N4O2S2/c1-25(22,23)13-12-24-17-19-18-16(14-20-10-6-3-7-11-20)21(17)15-8-4-2-5-9-15/h2,4-5,8-9H,3,6-7,10-14H2,1H3. The normalized spacial score (nSPS) is 16.2. The molecular weight excluding hydrogens is 356 g/mol. The lowest BCUT2D eigenvalue weighted by atomic mass is 10.1. The summed E-state index contributed by atoms with van der Waals surface area (Å²) < 4.78 is 24.8. The lowest BCUT2D eigenvalue weighted by Gasteiger charge is -2.26. The quantitative estimate of drug-likeness (QED) is 0.687. The Morgan fingerprint density at radius 3 is 2.48 bits per heavy atom. The molecule has 1 aromatic heterocycles. The van der Waals surface area contributed by atoms with Gasteiger partial charge in [0.05, 0.1) is 12.3 Å². The van der Waals surface area contributed by atoms with Crippen molar-refractivity contribution in [3.8, 4) is 5.69 Å². The SMILES string of the molecule is CS(=O)(=O)CCSc1nnc(CN2CCCCC2)n1-c1ccccc1. The molecule has 0 amide bonds. The lowest BCUT2D eigenvalue weighted by molar-refractivity contribution is 0.214. The maximum absolute atomic E-state index is 11.4. The Labute approximate surface area is 153 Å². The van der Waals surface area contributed by atoms with Crippen LogP contribution >= 0.6 is 11.8 Å². The van der Waals surface area contributed by atoms with Crippen LogP contribution in [0.1, 0.15) is 25.1 Å². The predicted molar refractivity (Wildman–Crippen MR) is 101 cm³/mol. The van der Waals surface area contributed by atoms with Crippen molar-refractivity contribution in [3.05, 3.63) is 36.2 Å². The molecule has 1 aromatic carbocycles. The Kier molecular flexibility index (Phi) is 6.14. The Hall–Kier alpha value is -1.38. The van der Waals surface area contributed by atoms with E-state index in [0.29, 0.717) is 5.75 Å². The van der Waals surface area contributed by atoms with Crippen LogP contribution in [0.3, 0.4) is 0 Å². The van der Waals surface area contributed by atoms with Crippen LogP contribution in [0.25, 0.3) is 5.69 Å². The third kappa shape index (κ3) is 5.29. The lowest BCUT2D eigenvalue weighted by Crippen LogP contribution is -2.30. The number of nitrogens with zero attached hydrogens (tertiary/aromatic N) is 4. The zero-order chi connectivity index (χ0) is 17.7. The van der Waals surface area contributed by atoms with Gasteiger partial charge in [0, 0.05) is 17.7 Å². The van der Waals surface area contributed by atoms with E-state index in [2.05, 4.69) is 19.7 Å². The topological polar surface area (TPSA) is 68.1 Å². The minimum atomic E-state index is -2.97. The number of hydrogen-bond acceptors (Lipinski definition) is 6. The second kappa shape index (κ2) is 8.33. The van der Waals surface area contributed by atoms with E-state index in [1.807, 2.05) is 30.3 Å². The molecular formula is C17H24N4O2S2. The molecule has 2 aromatic rings. The van der Waals surface area contributed by atoms with Crippen molar-refractivity contribution in [2.24, 2.45) is 0 Å². The Bertz CT molecular complexity index is 784. The van der Waals surface area contributed by atoms with Crippen molar-refractivity contribution in [2.75, 3.05) is 30.9 Å². The van der Waals surface area contributed by atoms with Gasteiger partial charge in [0.15, 0.2) is 11.0 Å². The molecule has 25 heavy (non-hydrogen) atoms. The highest BCUT2D eigenvalue weighted by atomic mass is 32.2. The van der Waals surface area contributed by atoms with E-state index >= 15 is 0 Å². The zero-order valence-corrected chi connectivity index (χ0v) is 16.1. The minimum Gasteiger partial charge on any atom is -0.296 e. The fraction of sp³-hybridized carbons (Fsp3) is 0.529. The number of piperidine rings is 1. The molecule has 0 atom stereocenters. The predicted octanol–water partition coefficient (Wildman–Crippen LogP) is 2.39. The molecule has 0 aliphatic carbocycles. The number of benzene rings is 1. The number of aromatic nitrogens is 3. The van der Waals surface area contributed by atoms with Gasteiger partial charge in [0.25, 0.3) is 0 Å². The minimum absolute atomic E-state index is 0.140. The number of likely N-dealkylation sites (tertiary alicyclic amines) is 1. The van der Waals surface area contributed by atoms with Crippen LogP contribution in [0, 0.1) is 0 Å². The van der Waals surface area contributed by atoms with E-state index in [1.54, 1.807) is 0 Å². The third-order valence-corrected chi connectivity index (χ3v) is 6.35. The summed E-state index contributed by atoms with van der Waals surface area (Å²) in [6.45, 7) is 2.96. The van der Waals surface area contributed by atoms with Crippen LogP contribution in [-0.4, -0.2) is 58.9 Å². The molecule has 1 fully saturated rings. The summed E-state index contributed by atoms with van der Waals surface area (Å²) in [6.07, 6.45) is 5.02. The molecule has 2 heterocycles. The van der Waals surface area contributed by atoms with E-state index in [0.717, 1.165) is 36.3 Å². The van der Waals surface area contributed by atoms with E-state index in [-0.39, 0.29) is 5.75 Å². The number of sulfone groups is 1. The van der Waals surface area contributed by atoms with Gasteiger partial charge in [-0.2, -0.15) is 0 Å². The molecule has 0 bridgehead atoms. The molecule has 0 spiro atoms. The Morgan fingerprint density at radius 1 is 1.08 bits per heavy atom. The number of thioether (sulfide) groups is 1. The highest BCUT2D eigenvalue weighted by Crippen LogP contribution is 2.23. The molecule has 1 aliphatic rings. The summed E-state index contributed by atoms with van der Waals surface area (Å²) in [4.78, 5) is 2.41. The van der Waals surface area contributed by atoms with Crippen molar-refractivity contribution in [1.82, 2.24) is 19.7 Å². The third-order valence-electron chi connectivity index (χ3n) is 4.21. The van der Waals surface area contributed by atoms with E-state index < -0.39 is 9.84 Å². The summed E-state index contributed by atoms with van der Waals surface area (Å²) in [5.41, 5.74) is 1.02. The first-order valence-electron chi connectivity index (χ1n) is 8.55. The first kappa shape index (κ1) is 18.4. The van der Waals surface area contributed by atoms with Gasteiger partial charge >= 0.3 is 0 Å². The molecule has 1 saturated heterocycles. The van der Waals surface area contributed by atoms with Gasteiger partial charge in [-0.3, -0.25) is 9.47 Å². The van der Waals surface area contributed by atoms with Crippen LogP contribution in [0.5, 0.6) is 0 Å². The van der Waals surface area contributed by atoms with Crippen LogP contribution < -0.4 is 0 Å². The van der Waals surface area contributed by atoms with Gasteiger partial charge in [-0.1, -0.05) is 36.4 Å². The van der Waals surface area contributed by atoms with Gasteiger partial charge in [-0.15, -0.1) is 10.2 Å². The molecule has 0 saturated carbocycles. The van der Waals surface area contributed by atoms with Crippen molar-refractivity contribution in [3.63, 3.8) is 0 Å². The van der Waals surface area contributed by atoms with Crippen molar-refractivity contribution in [2.45, 2.75) is 31.0 Å². The van der Waals surface area contributed by atoms with Gasteiger partial charge < -0.3 is 0 Å². The van der Waals surface area contributed by atoms with Crippen molar-refractivity contribution < 1.29 is 8.42 Å². The highest BCUT2D eigenvalue weighted by Gasteiger charge is 2.19. The number of para-hydroxylation sites is 1. The molecule has 8 heteroatoms. The summed E-state index contributed by atoms with van der Waals surface area (Å²) in [5.74, 6) is 1.53. The highest BCUT2D eigenvalue weighted by molar-refractivity contribution is 8.00. The van der Waals surface area contributed by atoms with Crippen LogP contribution in [0.4, 0.5) is 0 Å². The average molecular weight is 381 g/mol. The second-order valence-corrected chi connectivity index (χ2v) is 9.71. The zero-order valence-electron chi connectivity index (χ0n) is 14.5. The molecule has 0 N–H and O–H groups in total. The first-order valence-corrected chi connectivity index (χ1v) is 11.6. The van der Waals surface area contributed by atoms with Crippen molar-refractivity contribution >= 4 is 21.6 Å². The number of hydrogen-bond donors (Lipinski definition) is 0. The summed E-state index contributed by atoms with van der Waals surface area (Å²) in [5, 5.41) is 9.49. The average Bonchev–Trinajstić information content (AvgIpc) is 2.98. The summed E-state index contributed by atoms with van der Waals surface area (Å²) in [7, 11) is -2.97. The molecule has 1 aliphatic heterocycles. The first-order chi connectivity index (χ1) is 12.0. The maximum Gasteiger partial charge on any atom is 0.195 e. The fourth-order valence-electron chi connectivity index (χ4n) is 2.93. The number of rotatable bonds is 7. The van der Waals surface area contributed by atoms with E-state index in [4.69, 9.17) is 0 Å². The fourth-order valence-corrected chi connectivity index (χ4v) is 5.10. The van der Waals surface area contributed by atoms with E-state index in [9.17, 15) is 8.42 Å². The summed E-state index contributed by atoms with van der Waals surface area (Å²) >= 11 is 1.44. The second-order valence-electron chi connectivity index (χ2n) is 6.38. The van der Waals surface area contributed by atoms with Crippen LogP contribution in [0.15, 0.2) is 35.5 Å². The molecule has 0 radical (unpaired) electrons. The van der Waals surface area contributed by atoms with E-state index in [1.165, 1.54) is 37.3 Å². The Morgan fingerprint density at radius 2 is 1.80 bits per heavy atom. The van der Waals surface area contributed by atoms with Gasteiger partial charge in [-0.25, -0.2) is 8.42 Å². The van der Waals surface area contributed by atoms with Gasteiger partial charge in [-0.05, 0) is 38.1 Å². The molecule has 136 valence electrons. The van der Waals surface area contributed by atoms with Crippen LogP contribution in [0.2, 0.25) is 0 Å². The van der Waals surface area contributed by atoms with Crippen molar-refractivity contribution in [1.29, 1.82) is 0 Å². The molecule has 6 nitrogen and oxygen atoms in total. The summed E-state index contributed by atoms with van der Waals surface area (Å²) in [6, 6.07) is 10.0. The smallest absolute Gasteiger partial charge is 0.195 e. The molecule has 3 rings (SSSR count). The van der Waals surface area contributed by atoms with Gasteiger partial charge in [0.1, 0.15) is 9.84 Å². The largest absolute Gasteiger partial charge is 0.296 e. The Balaban J connectivity index is 1.82. The maximum atomic E-state index is 11.4.